The number of aliphatic hydroxyl groups is 1. The number of methoxy groups -OCH3 is 1. The Morgan fingerprint density at radius 2 is 1.88 bits per heavy atom. The van der Waals surface area contributed by atoms with E-state index in [2.05, 4.69) is 4.74 Å². The smallest absolute Gasteiger partial charge is 0.412 e. The lowest BCUT2D eigenvalue weighted by atomic mass is 10.0. The van der Waals surface area contributed by atoms with Gasteiger partial charge >= 0.3 is 12.1 Å². The summed E-state index contributed by atoms with van der Waals surface area (Å²) in [7, 11) is 1.27. The second-order valence-corrected chi connectivity index (χ2v) is 6.23. The molecule has 0 unspecified atom stereocenters. The Balaban J connectivity index is 3.01. The molecule has 6 nitrogen and oxygen atoms in total. The van der Waals surface area contributed by atoms with Gasteiger partial charge in [0.05, 0.1) is 13.2 Å². The van der Waals surface area contributed by atoms with E-state index < -0.39 is 30.4 Å². The summed E-state index contributed by atoms with van der Waals surface area (Å²) in [5, 5.41) is 9.64. The highest BCUT2D eigenvalue weighted by Gasteiger charge is 2.27. The number of nitrogens with zero attached hydrogens (tertiary/aromatic N) is 1. The topological polar surface area (TPSA) is 76.1 Å². The molecule has 0 fully saturated rings. The quantitative estimate of drug-likeness (QED) is 0.491. The maximum atomic E-state index is 12.3. The largest absolute Gasteiger partial charge is 0.466 e. The van der Waals surface area contributed by atoms with E-state index in [1.54, 1.807) is 20.8 Å². The van der Waals surface area contributed by atoms with Gasteiger partial charge in [0.25, 0.3) is 0 Å². The number of aliphatic hydroxyl groups excluding tert-OH is 1. The van der Waals surface area contributed by atoms with Crippen molar-refractivity contribution in [2.75, 3.05) is 13.8 Å². The number of ether oxygens (including phenoxy) is 2. The van der Waals surface area contributed by atoms with Crippen LogP contribution < -0.4 is 0 Å². The lowest BCUT2D eigenvalue weighted by Crippen LogP contribution is -2.44. The van der Waals surface area contributed by atoms with Gasteiger partial charge in [-0.2, -0.15) is 0 Å². The average Bonchev–Trinajstić information content (AvgIpc) is 2.52. The van der Waals surface area contributed by atoms with Crippen LogP contribution in [0.3, 0.4) is 0 Å². The van der Waals surface area contributed by atoms with E-state index in [1.807, 2.05) is 30.3 Å². The van der Waals surface area contributed by atoms with Crippen LogP contribution in [0.4, 0.5) is 4.79 Å². The third kappa shape index (κ3) is 6.83. The fourth-order valence-electron chi connectivity index (χ4n) is 2.01. The molecule has 1 N–H and O–H groups in total. The number of hydrogen-bond donors (Lipinski definition) is 1. The Hall–Kier alpha value is -2.34. The van der Waals surface area contributed by atoms with E-state index in [-0.39, 0.29) is 0 Å². The molecule has 0 spiro atoms. The van der Waals surface area contributed by atoms with Crippen LogP contribution in [0.25, 0.3) is 0 Å². The predicted octanol–water partition coefficient (Wildman–Crippen LogP) is 2.51. The van der Waals surface area contributed by atoms with E-state index in [0.717, 1.165) is 10.5 Å². The van der Waals surface area contributed by atoms with Crippen LogP contribution in [-0.4, -0.2) is 47.6 Å². The van der Waals surface area contributed by atoms with E-state index in [0.29, 0.717) is 6.42 Å². The normalized spacial score (nSPS) is 12.7. The van der Waals surface area contributed by atoms with Crippen LogP contribution >= 0.6 is 0 Å². The molecule has 0 aromatic heterocycles. The number of rotatable bonds is 6. The Morgan fingerprint density at radius 1 is 1.25 bits per heavy atom. The average molecular weight is 335 g/mol. The summed E-state index contributed by atoms with van der Waals surface area (Å²) in [4.78, 5) is 24.9. The van der Waals surface area contributed by atoms with Crippen molar-refractivity contribution in [1.29, 1.82) is 0 Å². The highest BCUT2D eigenvalue weighted by atomic mass is 16.6. The molecule has 132 valence electrons. The Morgan fingerprint density at radius 3 is 2.38 bits per heavy atom. The van der Waals surface area contributed by atoms with Crippen LogP contribution in [0.5, 0.6) is 0 Å². The molecule has 0 radical (unpaired) electrons. The minimum absolute atomic E-state index is 0.425. The number of esters is 1. The first-order valence-corrected chi connectivity index (χ1v) is 7.67. The fourth-order valence-corrected chi connectivity index (χ4v) is 2.01. The molecule has 0 saturated heterocycles. The van der Waals surface area contributed by atoms with Crippen LogP contribution in [-0.2, 0) is 20.7 Å². The minimum Gasteiger partial charge on any atom is -0.466 e. The summed E-state index contributed by atoms with van der Waals surface area (Å²) in [6.45, 7) is 4.71. The number of carbonyl (C=O) groups is 2. The van der Waals surface area contributed by atoms with Crippen molar-refractivity contribution in [3.63, 3.8) is 0 Å². The molecular weight excluding hydrogens is 310 g/mol. The molecule has 1 rings (SSSR count). The van der Waals surface area contributed by atoms with Crippen LogP contribution in [0.1, 0.15) is 26.3 Å². The Labute approximate surface area is 142 Å². The van der Waals surface area contributed by atoms with Crippen molar-refractivity contribution in [2.24, 2.45) is 0 Å². The molecule has 6 heteroatoms. The fraction of sp³-hybridized carbons (Fsp3) is 0.444. The zero-order valence-corrected chi connectivity index (χ0v) is 14.6. The third-order valence-corrected chi connectivity index (χ3v) is 3.12. The zero-order valence-electron chi connectivity index (χ0n) is 14.6. The summed E-state index contributed by atoms with van der Waals surface area (Å²) in [5.41, 5.74) is 0.271. The van der Waals surface area contributed by atoms with Gasteiger partial charge in [-0.15, -0.1) is 0 Å². The molecule has 1 atom stereocenters. The number of carbonyl (C=O) groups excluding carboxylic acids is 2. The maximum Gasteiger partial charge on any atom is 0.412 e. The molecule has 0 aliphatic carbocycles. The second kappa shape index (κ2) is 9.08. The maximum absolute atomic E-state index is 12.3. The van der Waals surface area contributed by atoms with Gasteiger partial charge in [0.2, 0.25) is 0 Å². The first kappa shape index (κ1) is 19.7. The molecule has 0 bridgehead atoms. The van der Waals surface area contributed by atoms with Gasteiger partial charge in [-0.1, -0.05) is 36.4 Å². The van der Waals surface area contributed by atoms with Crippen LogP contribution in [0.15, 0.2) is 42.5 Å². The highest BCUT2D eigenvalue weighted by Crippen LogP contribution is 2.15. The highest BCUT2D eigenvalue weighted by molar-refractivity contribution is 5.82. The van der Waals surface area contributed by atoms with Crippen molar-refractivity contribution in [3.8, 4) is 0 Å². The minimum atomic E-state index is -0.687. The summed E-state index contributed by atoms with van der Waals surface area (Å²) in [6, 6.07) is 8.92. The number of hydrogen-bond acceptors (Lipinski definition) is 5. The molecule has 1 aromatic carbocycles. The zero-order chi connectivity index (χ0) is 18.2. The van der Waals surface area contributed by atoms with Crippen molar-refractivity contribution in [3.05, 3.63) is 48.0 Å². The van der Waals surface area contributed by atoms with Gasteiger partial charge in [-0.25, -0.2) is 9.59 Å². The second-order valence-electron chi connectivity index (χ2n) is 6.23. The number of amides is 1. The summed E-state index contributed by atoms with van der Waals surface area (Å²) in [6.07, 6.45) is 2.54. The monoisotopic (exact) mass is 335 g/mol. The van der Waals surface area contributed by atoms with Crippen LogP contribution in [0, 0.1) is 0 Å². The van der Waals surface area contributed by atoms with Gasteiger partial charge in [0, 0.05) is 6.08 Å². The lowest BCUT2D eigenvalue weighted by Gasteiger charge is -2.30. The van der Waals surface area contributed by atoms with Gasteiger partial charge in [0.1, 0.15) is 12.3 Å². The molecule has 24 heavy (non-hydrogen) atoms. The van der Waals surface area contributed by atoms with Gasteiger partial charge in [-0.05, 0) is 32.8 Å². The summed E-state index contributed by atoms with van der Waals surface area (Å²) >= 11 is 0. The molecule has 0 aliphatic rings. The van der Waals surface area contributed by atoms with E-state index in [1.165, 1.54) is 19.3 Å². The SMILES string of the molecule is COC(=O)/C=C/[C@H](Cc1ccccc1)N(CO)C(=O)OC(C)(C)C. The van der Waals surface area contributed by atoms with Gasteiger partial charge < -0.3 is 14.6 Å². The molecule has 0 aliphatic heterocycles. The van der Waals surface area contributed by atoms with Gasteiger partial charge in [0.15, 0.2) is 0 Å². The molecule has 0 saturated carbocycles. The standard InChI is InChI=1S/C18H25NO5/c1-18(2,3)24-17(22)19(13-20)15(10-11-16(21)23-4)12-14-8-6-5-7-9-14/h5-11,15,20H,12-13H2,1-4H3/b11-10+/t15-/m1/s1. The van der Waals surface area contributed by atoms with Crippen LogP contribution in [0.2, 0.25) is 0 Å². The van der Waals surface area contributed by atoms with E-state index in [4.69, 9.17) is 4.74 Å². The summed E-state index contributed by atoms with van der Waals surface area (Å²) < 4.78 is 9.90. The van der Waals surface area contributed by atoms with E-state index in [9.17, 15) is 14.7 Å². The molecule has 0 heterocycles. The number of benzene rings is 1. The lowest BCUT2D eigenvalue weighted by molar-refractivity contribution is -0.134. The van der Waals surface area contributed by atoms with Gasteiger partial charge in [-0.3, -0.25) is 4.90 Å². The predicted molar refractivity (Wildman–Crippen MR) is 90.2 cm³/mol. The molecule has 1 amide bonds. The van der Waals surface area contributed by atoms with Crippen molar-refractivity contribution >= 4 is 12.1 Å². The van der Waals surface area contributed by atoms with E-state index >= 15 is 0 Å². The molecule has 1 aromatic rings. The Kier molecular flexibility index (Phi) is 7.45. The first-order chi connectivity index (χ1) is 11.3. The van der Waals surface area contributed by atoms with Crippen molar-refractivity contribution in [1.82, 2.24) is 4.90 Å². The summed E-state index contributed by atoms with van der Waals surface area (Å²) in [5.74, 6) is -0.532. The van der Waals surface area contributed by atoms with Crippen molar-refractivity contribution < 1.29 is 24.2 Å². The van der Waals surface area contributed by atoms with Crippen molar-refractivity contribution in [2.45, 2.75) is 38.8 Å². The third-order valence-electron chi connectivity index (χ3n) is 3.12. The Bertz CT molecular complexity index is 563. The first-order valence-electron chi connectivity index (χ1n) is 7.67. The molecular formula is C18H25NO5.